The molecule has 0 radical (unpaired) electrons. The number of carbonyl (C=O) groups excluding carboxylic acids is 1. The van der Waals surface area contributed by atoms with Crippen molar-refractivity contribution >= 4 is 34.8 Å². The predicted octanol–water partition coefficient (Wildman–Crippen LogP) is 4.00. The highest BCUT2D eigenvalue weighted by Gasteiger charge is 2.17. The zero-order valence-corrected chi connectivity index (χ0v) is 15.3. The number of nitrogens with one attached hydrogen (secondary N) is 1. The first-order valence-electron chi connectivity index (χ1n) is 7.83. The second-order valence-electron chi connectivity index (χ2n) is 5.79. The van der Waals surface area contributed by atoms with Crippen LogP contribution in [0, 0.1) is 5.82 Å². The summed E-state index contributed by atoms with van der Waals surface area (Å²) >= 11 is 6.35. The van der Waals surface area contributed by atoms with Crippen molar-refractivity contribution in [3.8, 4) is 11.4 Å². The highest BCUT2D eigenvalue weighted by molar-refractivity contribution is 6.33. The summed E-state index contributed by atoms with van der Waals surface area (Å²) in [5, 5.41) is 11.6. The number of hydrogen-bond donors (Lipinski definition) is 1. The number of anilines is 3. The summed E-state index contributed by atoms with van der Waals surface area (Å²) in [7, 11) is 3.64. The van der Waals surface area contributed by atoms with Gasteiger partial charge < -0.3 is 10.2 Å². The molecule has 6 nitrogen and oxygen atoms in total. The lowest BCUT2D eigenvalue weighted by Crippen LogP contribution is -2.14. The monoisotopic (exact) mass is 373 g/mol. The minimum absolute atomic E-state index is 0.171. The minimum Gasteiger partial charge on any atom is -0.326 e. The summed E-state index contributed by atoms with van der Waals surface area (Å²) in [6, 6.07) is 11.3. The van der Waals surface area contributed by atoms with E-state index >= 15 is 0 Å². The first-order valence-corrected chi connectivity index (χ1v) is 8.21. The number of amides is 1. The molecule has 26 heavy (non-hydrogen) atoms. The summed E-state index contributed by atoms with van der Waals surface area (Å²) in [4.78, 5) is 13.0. The van der Waals surface area contributed by atoms with Crippen molar-refractivity contribution in [3.05, 3.63) is 53.3 Å². The van der Waals surface area contributed by atoms with Crippen molar-refractivity contribution in [1.82, 2.24) is 14.8 Å². The SMILES string of the molecule is CC(=O)Nc1ccc(-c2nnc(N(C)c3ccc(F)cc3)n2C)c(Cl)c1. The Morgan fingerprint density at radius 3 is 2.50 bits per heavy atom. The normalized spacial score (nSPS) is 10.7. The topological polar surface area (TPSA) is 63.1 Å². The molecule has 0 saturated carbocycles. The van der Waals surface area contributed by atoms with Gasteiger partial charge in [-0.1, -0.05) is 11.6 Å². The molecule has 1 amide bonds. The third-order valence-electron chi connectivity index (χ3n) is 3.90. The first-order chi connectivity index (χ1) is 12.4. The van der Waals surface area contributed by atoms with Crippen LogP contribution in [0.25, 0.3) is 11.4 Å². The van der Waals surface area contributed by atoms with Crippen LogP contribution in [0.4, 0.5) is 21.7 Å². The van der Waals surface area contributed by atoms with Crippen LogP contribution >= 0.6 is 11.6 Å². The number of benzene rings is 2. The molecular formula is C18H17ClFN5O. The molecule has 1 aromatic heterocycles. The van der Waals surface area contributed by atoms with Gasteiger partial charge in [0.15, 0.2) is 5.82 Å². The molecule has 2 aromatic carbocycles. The molecule has 0 atom stereocenters. The maximum Gasteiger partial charge on any atom is 0.231 e. The standard InChI is InChI=1S/C18H17ClFN5O/c1-11(26)21-13-6-9-15(16(19)10-13)17-22-23-18(25(17)3)24(2)14-7-4-12(20)5-8-14/h4-10H,1-3H3,(H,21,26). The summed E-state index contributed by atoms with van der Waals surface area (Å²) in [5.74, 6) is 0.685. The Morgan fingerprint density at radius 1 is 1.19 bits per heavy atom. The molecule has 0 aliphatic heterocycles. The number of rotatable bonds is 4. The van der Waals surface area contributed by atoms with Crippen molar-refractivity contribution in [1.29, 1.82) is 0 Å². The van der Waals surface area contributed by atoms with Gasteiger partial charge in [0, 0.05) is 38.0 Å². The van der Waals surface area contributed by atoms with Crippen LogP contribution in [0.1, 0.15) is 6.92 Å². The predicted molar refractivity (Wildman–Crippen MR) is 100 cm³/mol. The van der Waals surface area contributed by atoms with Gasteiger partial charge in [0.25, 0.3) is 0 Å². The van der Waals surface area contributed by atoms with E-state index in [0.717, 1.165) is 5.69 Å². The second-order valence-corrected chi connectivity index (χ2v) is 6.20. The van der Waals surface area contributed by atoms with E-state index < -0.39 is 0 Å². The molecular weight excluding hydrogens is 357 g/mol. The molecule has 1 N–H and O–H groups in total. The van der Waals surface area contributed by atoms with Crippen LogP contribution in [-0.4, -0.2) is 27.7 Å². The average Bonchev–Trinajstić information content (AvgIpc) is 2.96. The van der Waals surface area contributed by atoms with Gasteiger partial charge >= 0.3 is 0 Å². The second kappa shape index (κ2) is 7.13. The Kier molecular flexibility index (Phi) is 4.90. The lowest BCUT2D eigenvalue weighted by Gasteiger charge is -2.18. The van der Waals surface area contributed by atoms with Gasteiger partial charge in [-0.25, -0.2) is 4.39 Å². The Hall–Kier alpha value is -2.93. The molecule has 0 aliphatic carbocycles. The Balaban J connectivity index is 1.94. The third-order valence-corrected chi connectivity index (χ3v) is 4.21. The Bertz CT molecular complexity index is 955. The highest BCUT2D eigenvalue weighted by atomic mass is 35.5. The van der Waals surface area contributed by atoms with Crippen molar-refractivity contribution < 1.29 is 9.18 Å². The lowest BCUT2D eigenvalue weighted by atomic mass is 10.2. The van der Waals surface area contributed by atoms with Crippen LogP contribution in [0.15, 0.2) is 42.5 Å². The van der Waals surface area contributed by atoms with E-state index in [1.54, 1.807) is 39.8 Å². The number of aromatic nitrogens is 3. The fraction of sp³-hybridized carbons (Fsp3) is 0.167. The number of halogens is 2. The molecule has 8 heteroatoms. The first kappa shape index (κ1) is 17.9. The molecule has 134 valence electrons. The van der Waals surface area contributed by atoms with Crippen LogP contribution < -0.4 is 10.2 Å². The number of carbonyl (C=O) groups is 1. The molecule has 0 aliphatic rings. The molecule has 0 bridgehead atoms. The molecule has 0 fully saturated rings. The van der Waals surface area contributed by atoms with Crippen molar-refractivity contribution in [2.24, 2.45) is 7.05 Å². The number of hydrogen-bond acceptors (Lipinski definition) is 4. The van der Waals surface area contributed by atoms with E-state index in [2.05, 4.69) is 15.5 Å². The van der Waals surface area contributed by atoms with Crippen LogP contribution in [0.2, 0.25) is 5.02 Å². The molecule has 1 heterocycles. The van der Waals surface area contributed by atoms with Gasteiger partial charge in [-0.2, -0.15) is 0 Å². The molecule has 0 saturated heterocycles. The van der Waals surface area contributed by atoms with E-state index in [1.807, 2.05) is 14.1 Å². The van der Waals surface area contributed by atoms with E-state index in [-0.39, 0.29) is 11.7 Å². The Labute approximate surface area is 155 Å². The largest absolute Gasteiger partial charge is 0.326 e. The van der Waals surface area contributed by atoms with Crippen LogP contribution in [0.5, 0.6) is 0 Å². The van der Waals surface area contributed by atoms with E-state index in [4.69, 9.17) is 11.6 Å². The fourth-order valence-corrected chi connectivity index (χ4v) is 2.87. The maximum atomic E-state index is 13.1. The van der Waals surface area contributed by atoms with Crippen molar-refractivity contribution in [2.75, 3.05) is 17.3 Å². The van der Waals surface area contributed by atoms with E-state index in [1.165, 1.54) is 19.1 Å². The highest BCUT2D eigenvalue weighted by Crippen LogP contribution is 2.31. The summed E-state index contributed by atoms with van der Waals surface area (Å²) in [6.45, 7) is 1.43. The van der Waals surface area contributed by atoms with Crippen molar-refractivity contribution in [2.45, 2.75) is 6.92 Å². The summed E-state index contributed by atoms with van der Waals surface area (Å²) in [6.07, 6.45) is 0. The van der Waals surface area contributed by atoms with Gasteiger partial charge in [-0.3, -0.25) is 9.36 Å². The van der Waals surface area contributed by atoms with E-state index in [9.17, 15) is 9.18 Å². The van der Waals surface area contributed by atoms with Crippen LogP contribution in [0.3, 0.4) is 0 Å². The van der Waals surface area contributed by atoms with Gasteiger partial charge in [0.1, 0.15) is 5.82 Å². The van der Waals surface area contributed by atoms with E-state index in [0.29, 0.717) is 28.0 Å². The third kappa shape index (κ3) is 3.52. The molecule has 0 unspecified atom stereocenters. The zero-order chi connectivity index (χ0) is 18.8. The fourth-order valence-electron chi connectivity index (χ4n) is 2.61. The quantitative estimate of drug-likeness (QED) is 0.750. The summed E-state index contributed by atoms with van der Waals surface area (Å²) in [5.41, 5.74) is 2.08. The number of nitrogens with zero attached hydrogens (tertiary/aromatic N) is 4. The minimum atomic E-state index is -0.299. The van der Waals surface area contributed by atoms with Crippen LogP contribution in [-0.2, 0) is 11.8 Å². The molecule has 3 rings (SSSR count). The van der Waals surface area contributed by atoms with Gasteiger partial charge in [-0.05, 0) is 42.5 Å². The molecule has 0 spiro atoms. The zero-order valence-electron chi connectivity index (χ0n) is 14.5. The van der Waals surface area contributed by atoms with Crippen molar-refractivity contribution in [3.63, 3.8) is 0 Å². The maximum absolute atomic E-state index is 13.1. The lowest BCUT2D eigenvalue weighted by molar-refractivity contribution is -0.114. The smallest absolute Gasteiger partial charge is 0.231 e. The summed E-state index contributed by atoms with van der Waals surface area (Å²) < 4.78 is 14.9. The van der Waals surface area contributed by atoms with Gasteiger partial charge in [-0.15, -0.1) is 10.2 Å². The average molecular weight is 374 g/mol. The van der Waals surface area contributed by atoms with Gasteiger partial charge in [0.05, 0.1) is 5.02 Å². The molecule has 3 aromatic rings. The Morgan fingerprint density at radius 2 is 1.88 bits per heavy atom. The van der Waals surface area contributed by atoms with Gasteiger partial charge in [0.2, 0.25) is 11.9 Å².